The van der Waals surface area contributed by atoms with E-state index < -0.39 is 10.0 Å². The van der Waals surface area contributed by atoms with Crippen molar-refractivity contribution in [1.82, 2.24) is 4.98 Å². The minimum Gasteiger partial charge on any atom is -0.396 e. The van der Waals surface area contributed by atoms with Crippen molar-refractivity contribution in [2.45, 2.75) is 26.7 Å². The van der Waals surface area contributed by atoms with Crippen molar-refractivity contribution in [3.63, 3.8) is 0 Å². The maximum absolute atomic E-state index is 11.6. The van der Waals surface area contributed by atoms with Gasteiger partial charge in [-0.15, -0.1) is 11.3 Å². The van der Waals surface area contributed by atoms with Crippen molar-refractivity contribution >= 4 is 26.5 Å². The standard InChI is InChI=1S/C9H16N2O3S2/c1-7-8(2)15-9(10-7)11-16(13,14)6-4-3-5-12/h12H,3-6H2,1-2H3,(H,10,11). The summed E-state index contributed by atoms with van der Waals surface area (Å²) in [5, 5.41) is 8.98. The van der Waals surface area contributed by atoms with Crippen LogP contribution in [0, 0.1) is 13.8 Å². The molecular formula is C9H16N2O3S2. The summed E-state index contributed by atoms with van der Waals surface area (Å²) in [5.41, 5.74) is 0.845. The fourth-order valence-corrected chi connectivity index (χ4v) is 3.32. The molecule has 2 N–H and O–H groups in total. The molecule has 0 aromatic carbocycles. The van der Waals surface area contributed by atoms with Gasteiger partial charge in [-0.1, -0.05) is 0 Å². The van der Waals surface area contributed by atoms with E-state index in [9.17, 15) is 8.42 Å². The first-order valence-corrected chi connectivity index (χ1v) is 7.47. The van der Waals surface area contributed by atoms with E-state index in [0.29, 0.717) is 18.0 Å². The fraction of sp³-hybridized carbons (Fsp3) is 0.667. The second-order valence-electron chi connectivity index (χ2n) is 3.51. The molecule has 5 nitrogen and oxygen atoms in total. The number of aliphatic hydroxyl groups excluding tert-OH is 1. The van der Waals surface area contributed by atoms with Gasteiger partial charge in [0.1, 0.15) is 0 Å². The molecule has 0 bridgehead atoms. The number of hydrogen-bond donors (Lipinski definition) is 2. The number of sulfonamides is 1. The summed E-state index contributed by atoms with van der Waals surface area (Å²) in [6, 6.07) is 0. The average molecular weight is 264 g/mol. The van der Waals surface area contributed by atoms with Crippen molar-refractivity contribution in [3.05, 3.63) is 10.6 Å². The molecule has 0 amide bonds. The summed E-state index contributed by atoms with van der Waals surface area (Å²) in [6.45, 7) is 3.76. The quantitative estimate of drug-likeness (QED) is 0.758. The van der Waals surface area contributed by atoms with Crippen molar-refractivity contribution < 1.29 is 13.5 Å². The molecule has 0 aliphatic heterocycles. The van der Waals surface area contributed by atoms with Gasteiger partial charge in [-0.3, -0.25) is 4.72 Å². The summed E-state index contributed by atoms with van der Waals surface area (Å²) >= 11 is 1.33. The highest BCUT2D eigenvalue weighted by atomic mass is 32.2. The lowest BCUT2D eigenvalue weighted by Crippen LogP contribution is -2.16. The zero-order valence-corrected chi connectivity index (χ0v) is 11.0. The molecule has 1 rings (SSSR count). The van der Waals surface area contributed by atoms with Gasteiger partial charge >= 0.3 is 0 Å². The molecule has 92 valence electrons. The van der Waals surface area contributed by atoms with E-state index >= 15 is 0 Å². The summed E-state index contributed by atoms with van der Waals surface area (Å²) in [5.74, 6) is 0.0191. The Balaban J connectivity index is 2.58. The molecule has 0 unspecified atom stereocenters. The molecule has 0 aliphatic rings. The average Bonchev–Trinajstić information content (AvgIpc) is 2.44. The van der Waals surface area contributed by atoms with Gasteiger partial charge in [-0.25, -0.2) is 13.4 Å². The second kappa shape index (κ2) is 5.60. The van der Waals surface area contributed by atoms with Gasteiger partial charge in [-0.05, 0) is 26.7 Å². The van der Waals surface area contributed by atoms with Crippen LogP contribution in [0.5, 0.6) is 0 Å². The lowest BCUT2D eigenvalue weighted by molar-refractivity contribution is 0.287. The van der Waals surface area contributed by atoms with Crippen LogP contribution in [0.1, 0.15) is 23.4 Å². The maximum atomic E-state index is 11.6. The lowest BCUT2D eigenvalue weighted by atomic mass is 10.4. The van der Waals surface area contributed by atoms with Crippen LogP contribution in [0.2, 0.25) is 0 Å². The van der Waals surface area contributed by atoms with Crippen LogP contribution in [0.25, 0.3) is 0 Å². The Labute approximate surface area is 99.6 Å². The summed E-state index contributed by atoms with van der Waals surface area (Å²) in [6.07, 6.45) is 0.950. The normalized spacial score (nSPS) is 11.7. The smallest absolute Gasteiger partial charge is 0.234 e. The van der Waals surface area contributed by atoms with Gasteiger partial charge < -0.3 is 5.11 Å². The number of hydrogen-bond acceptors (Lipinski definition) is 5. The highest BCUT2D eigenvalue weighted by Crippen LogP contribution is 2.22. The number of rotatable bonds is 6. The number of thiazole rings is 1. The molecule has 0 spiro atoms. The Morgan fingerprint density at radius 2 is 2.06 bits per heavy atom. The third-order valence-electron chi connectivity index (χ3n) is 2.09. The molecule has 0 saturated carbocycles. The van der Waals surface area contributed by atoms with E-state index in [1.807, 2.05) is 13.8 Å². The van der Waals surface area contributed by atoms with Crippen LogP contribution < -0.4 is 4.72 Å². The predicted molar refractivity (Wildman–Crippen MR) is 65.3 cm³/mol. The largest absolute Gasteiger partial charge is 0.396 e. The molecule has 1 aromatic rings. The zero-order valence-electron chi connectivity index (χ0n) is 9.36. The molecule has 0 radical (unpaired) electrons. The first-order valence-electron chi connectivity index (χ1n) is 5.00. The summed E-state index contributed by atoms with van der Waals surface area (Å²) in [7, 11) is -3.32. The monoisotopic (exact) mass is 264 g/mol. The minimum absolute atomic E-state index is 0.0188. The van der Waals surface area contributed by atoms with Crippen LogP contribution in [-0.2, 0) is 10.0 Å². The molecule has 0 saturated heterocycles. The van der Waals surface area contributed by atoms with Gasteiger partial charge in [0.25, 0.3) is 0 Å². The van der Waals surface area contributed by atoms with E-state index in [-0.39, 0.29) is 12.4 Å². The third-order valence-corrected chi connectivity index (χ3v) is 4.54. The number of nitrogens with one attached hydrogen (secondary N) is 1. The number of aliphatic hydroxyl groups is 1. The van der Waals surface area contributed by atoms with Crippen LogP contribution >= 0.6 is 11.3 Å². The van der Waals surface area contributed by atoms with E-state index in [2.05, 4.69) is 9.71 Å². The molecule has 7 heteroatoms. The van der Waals surface area contributed by atoms with E-state index in [1.54, 1.807) is 0 Å². The number of anilines is 1. The Kier molecular flexibility index (Phi) is 4.69. The Bertz CT molecular complexity index is 420. The van der Waals surface area contributed by atoms with Crippen molar-refractivity contribution in [1.29, 1.82) is 0 Å². The van der Waals surface area contributed by atoms with E-state index in [1.165, 1.54) is 11.3 Å². The SMILES string of the molecule is Cc1nc(NS(=O)(=O)CCCCO)sc1C. The maximum Gasteiger partial charge on any atom is 0.234 e. The van der Waals surface area contributed by atoms with Crippen molar-refractivity contribution in [2.75, 3.05) is 17.1 Å². The van der Waals surface area contributed by atoms with Gasteiger partial charge in [0.2, 0.25) is 10.0 Å². The summed E-state index contributed by atoms with van der Waals surface area (Å²) in [4.78, 5) is 5.11. The van der Waals surface area contributed by atoms with Crippen LogP contribution in [0.3, 0.4) is 0 Å². The predicted octanol–water partition coefficient (Wildman–Crippen LogP) is 1.27. The molecule has 0 atom stereocenters. The van der Waals surface area contributed by atoms with Gasteiger partial charge in [0.05, 0.1) is 11.4 Å². The molecule has 16 heavy (non-hydrogen) atoms. The number of aromatic nitrogens is 1. The zero-order chi connectivity index (χ0) is 12.2. The topological polar surface area (TPSA) is 79.3 Å². The van der Waals surface area contributed by atoms with Crippen LogP contribution in [0.15, 0.2) is 0 Å². The third kappa shape index (κ3) is 4.07. The van der Waals surface area contributed by atoms with Crippen LogP contribution in [0.4, 0.5) is 5.13 Å². The molecule has 1 heterocycles. The molecule has 0 aliphatic carbocycles. The fourth-order valence-electron chi connectivity index (χ4n) is 1.10. The van der Waals surface area contributed by atoms with Gasteiger partial charge in [-0.2, -0.15) is 0 Å². The Morgan fingerprint density at radius 3 is 2.56 bits per heavy atom. The Hall–Kier alpha value is -0.660. The summed E-state index contributed by atoms with van der Waals surface area (Å²) < 4.78 is 25.6. The van der Waals surface area contributed by atoms with Crippen LogP contribution in [-0.4, -0.2) is 30.9 Å². The van der Waals surface area contributed by atoms with Gasteiger partial charge in [0.15, 0.2) is 5.13 Å². The number of nitrogens with zero attached hydrogens (tertiary/aromatic N) is 1. The highest BCUT2D eigenvalue weighted by molar-refractivity contribution is 7.92. The number of unbranched alkanes of at least 4 members (excludes halogenated alkanes) is 1. The first kappa shape index (κ1) is 13.4. The Morgan fingerprint density at radius 1 is 1.38 bits per heavy atom. The molecular weight excluding hydrogens is 248 g/mol. The highest BCUT2D eigenvalue weighted by Gasteiger charge is 2.13. The first-order chi connectivity index (χ1) is 7.44. The lowest BCUT2D eigenvalue weighted by Gasteiger charge is -2.03. The van der Waals surface area contributed by atoms with Crippen molar-refractivity contribution in [3.8, 4) is 0 Å². The number of aryl methyl sites for hydroxylation is 2. The molecule has 0 fully saturated rings. The minimum atomic E-state index is -3.32. The van der Waals surface area contributed by atoms with E-state index in [0.717, 1.165) is 10.6 Å². The molecule has 1 aromatic heterocycles. The van der Waals surface area contributed by atoms with Crippen molar-refractivity contribution in [2.24, 2.45) is 0 Å². The second-order valence-corrected chi connectivity index (χ2v) is 6.56. The van der Waals surface area contributed by atoms with E-state index in [4.69, 9.17) is 5.11 Å². The van der Waals surface area contributed by atoms with Gasteiger partial charge in [0, 0.05) is 11.5 Å².